The van der Waals surface area contributed by atoms with Gasteiger partial charge < -0.3 is 18.9 Å². The minimum Gasteiger partial charge on any atom is -0.497 e. The highest BCUT2D eigenvalue weighted by Crippen LogP contribution is 2.31. The van der Waals surface area contributed by atoms with Crippen molar-refractivity contribution in [3.8, 4) is 11.5 Å². The van der Waals surface area contributed by atoms with Gasteiger partial charge in [-0.2, -0.15) is 0 Å². The molecular weight excluding hydrogens is 220 g/mol. The van der Waals surface area contributed by atoms with Crippen molar-refractivity contribution in [2.75, 3.05) is 27.4 Å². The van der Waals surface area contributed by atoms with Gasteiger partial charge in [-0.25, -0.2) is 0 Å². The largest absolute Gasteiger partial charge is 0.497 e. The van der Waals surface area contributed by atoms with Crippen molar-refractivity contribution >= 4 is 0 Å². The molecule has 1 fully saturated rings. The lowest BCUT2D eigenvalue weighted by molar-refractivity contribution is 0.0524. The predicted octanol–water partition coefficient (Wildman–Crippen LogP) is 2.18. The van der Waals surface area contributed by atoms with E-state index in [0.29, 0.717) is 6.61 Å². The van der Waals surface area contributed by atoms with Crippen LogP contribution >= 0.6 is 0 Å². The van der Waals surface area contributed by atoms with E-state index in [0.717, 1.165) is 23.7 Å². The molecule has 0 bridgehead atoms. The number of epoxide rings is 1. The quantitative estimate of drug-likeness (QED) is 0.712. The Balaban J connectivity index is 2.06. The fraction of sp³-hybridized carbons (Fsp3) is 0.538. The second-order valence-electron chi connectivity index (χ2n) is 4.04. The standard InChI is InChI=1S/C13H18O4/c1-9(16-7-11-8-17-11)12-5-4-10(14-2)6-13(12)15-3/h4-6,9,11H,7-8H2,1-3H3/t9-,11+/m1/s1. The van der Waals surface area contributed by atoms with Gasteiger partial charge in [0.25, 0.3) is 0 Å². The number of hydrogen-bond acceptors (Lipinski definition) is 4. The molecule has 0 N–H and O–H groups in total. The first-order valence-electron chi connectivity index (χ1n) is 5.69. The molecule has 0 aliphatic carbocycles. The van der Waals surface area contributed by atoms with Crippen molar-refractivity contribution < 1.29 is 18.9 Å². The summed E-state index contributed by atoms with van der Waals surface area (Å²) in [6.45, 7) is 3.45. The molecule has 0 spiro atoms. The molecule has 0 aromatic heterocycles. The zero-order valence-corrected chi connectivity index (χ0v) is 10.4. The number of benzene rings is 1. The highest BCUT2D eigenvalue weighted by atomic mass is 16.6. The minimum atomic E-state index is -0.0138. The second-order valence-corrected chi connectivity index (χ2v) is 4.04. The third kappa shape index (κ3) is 3.11. The van der Waals surface area contributed by atoms with Crippen LogP contribution in [0, 0.1) is 0 Å². The lowest BCUT2D eigenvalue weighted by Gasteiger charge is -2.16. The Morgan fingerprint density at radius 2 is 2.12 bits per heavy atom. The van der Waals surface area contributed by atoms with Gasteiger partial charge >= 0.3 is 0 Å². The summed E-state index contributed by atoms with van der Waals surface area (Å²) in [5.74, 6) is 1.57. The molecule has 1 saturated heterocycles. The Hall–Kier alpha value is -1.26. The van der Waals surface area contributed by atoms with Crippen molar-refractivity contribution in [1.82, 2.24) is 0 Å². The number of rotatable bonds is 6. The Labute approximate surface area is 101 Å². The summed E-state index contributed by atoms with van der Waals surface area (Å²) >= 11 is 0. The third-order valence-electron chi connectivity index (χ3n) is 2.81. The number of ether oxygens (including phenoxy) is 4. The first-order valence-corrected chi connectivity index (χ1v) is 5.69. The fourth-order valence-electron chi connectivity index (χ4n) is 1.66. The summed E-state index contributed by atoms with van der Waals surface area (Å²) in [7, 11) is 3.29. The van der Waals surface area contributed by atoms with Crippen LogP contribution in [-0.2, 0) is 9.47 Å². The minimum absolute atomic E-state index is 0.0138. The molecule has 1 aromatic rings. The predicted molar refractivity (Wildman–Crippen MR) is 63.7 cm³/mol. The molecule has 1 aromatic carbocycles. The molecule has 94 valence electrons. The first-order chi connectivity index (χ1) is 8.24. The molecule has 4 heteroatoms. The SMILES string of the molecule is COc1ccc([C@@H](C)OC[C@H]2CO2)c(OC)c1. The molecule has 1 aliphatic heterocycles. The lowest BCUT2D eigenvalue weighted by atomic mass is 10.1. The molecule has 2 rings (SSSR count). The van der Waals surface area contributed by atoms with Gasteiger partial charge in [0.1, 0.15) is 17.6 Å². The molecule has 2 atom stereocenters. The second kappa shape index (κ2) is 5.38. The Kier molecular flexibility index (Phi) is 3.86. The van der Waals surface area contributed by atoms with Crippen LogP contribution in [0.1, 0.15) is 18.6 Å². The van der Waals surface area contributed by atoms with Gasteiger partial charge in [0.15, 0.2) is 0 Å². The Bertz CT molecular complexity index is 374. The molecule has 4 nitrogen and oxygen atoms in total. The van der Waals surface area contributed by atoms with Crippen LogP contribution < -0.4 is 9.47 Å². The van der Waals surface area contributed by atoms with Crippen LogP contribution in [-0.4, -0.2) is 33.5 Å². The highest BCUT2D eigenvalue weighted by Gasteiger charge is 2.24. The van der Waals surface area contributed by atoms with E-state index in [1.807, 2.05) is 25.1 Å². The lowest BCUT2D eigenvalue weighted by Crippen LogP contribution is -2.07. The molecule has 1 aliphatic rings. The van der Waals surface area contributed by atoms with Crippen LogP contribution in [0.4, 0.5) is 0 Å². The van der Waals surface area contributed by atoms with Crippen molar-refractivity contribution in [1.29, 1.82) is 0 Å². The van der Waals surface area contributed by atoms with Crippen LogP contribution in [0.2, 0.25) is 0 Å². The number of hydrogen-bond donors (Lipinski definition) is 0. The molecule has 1 heterocycles. The topological polar surface area (TPSA) is 40.2 Å². The summed E-state index contributed by atoms with van der Waals surface area (Å²) in [5.41, 5.74) is 1.02. The van der Waals surface area contributed by atoms with Crippen LogP contribution in [0.15, 0.2) is 18.2 Å². The van der Waals surface area contributed by atoms with Gasteiger partial charge in [0.05, 0.1) is 33.5 Å². The average Bonchev–Trinajstić information content (AvgIpc) is 3.19. The summed E-state index contributed by atoms with van der Waals surface area (Å²) in [5, 5.41) is 0. The summed E-state index contributed by atoms with van der Waals surface area (Å²) in [6, 6.07) is 5.74. The fourth-order valence-corrected chi connectivity index (χ4v) is 1.66. The molecule has 0 radical (unpaired) electrons. The van der Waals surface area contributed by atoms with Gasteiger partial charge in [-0.05, 0) is 19.1 Å². The molecule has 0 amide bonds. The number of methoxy groups -OCH3 is 2. The van der Waals surface area contributed by atoms with Crippen LogP contribution in [0.3, 0.4) is 0 Å². The monoisotopic (exact) mass is 238 g/mol. The van der Waals surface area contributed by atoms with E-state index < -0.39 is 0 Å². The zero-order valence-electron chi connectivity index (χ0n) is 10.4. The third-order valence-corrected chi connectivity index (χ3v) is 2.81. The van der Waals surface area contributed by atoms with E-state index in [1.165, 1.54) is 0 Å². The zero-order chi connectivity index (χ0) is 12.3. The van der Waals surface area contributed by atoms with Gasteiger partial charge in [-0.3, -0.25) is 0 Å². The van der Waals surface area contributed by atoms with Crippen molar-refractivity contribution in [3.63, 3.8) is 0 Å². The maximum Gasteiger partial charge on any atom is 0.128 e. The summed E-state index contributed by atoms with van der Waals surface area (Å²) in [6.07, 6.45) is 0.266. The normalized spacial score (nSPS) is 19.8. The van der Waals surface area contributed by atoms with Crippen LogP contribution in [0.25, 0.3) is 0 Å². The Morgan fingerprint density at radius 1 is 1.35 bits per heavy atom. The smallest absolute Gasteiger partial charge is 0.128 e. The van der Waals surface area contributed by atoms with E-state index in [2.05, 4.69) is 0 Å². The summed E-state index contributed by atoms with van der Waals surface area (Å²) in [4.78, 5) is 0. The average molecular weight is 238 g/mol. The van der Waals surface area contributed by atoms with Gasteiger partial charge in [0.2, 0.25) is 0 Å². The molecule has 0 saturated carbocycles. The van der Waals surface area contributed by atoms with E-state index >= 15 is 0 Å². The van der Waals surface area contributed by atoms with Gasteiger partial charge in [-0.1, -0.05) is 0 Å². The van der Waals surface area contributed by atoms with Crippen LogP contribution in [0.5, 0.6) is 11.5 Å². The maximum atomic E-state index is 5.72. The highest BCUT2D eigenvalue weighted by molar-refractivity contribution is 5.41. The first kappa shape index (κ1) is 12.2. The van der Waals surface area contributed by atoms with E-state index in [1.54, 1.807) is 14.2 Å². The van der Waals surface area contributed by atoms with Gasteiger partial charge in [0, 0.05) is 11.6 Å². The van der Waals surface area contributed by atoms with E-state index in [-0.39, 0.29) is 12.2 Å². The molecule has 0 unspecified atom stereocenters. The van der Waals surface area contributed by atoms with Crippen molar-refractivity contribution in [2.24, 2.45) is 0 Å². The van der Waals surface area contributed by atoms with Gasteiger partial charge in [-0.15, -0.1) is 0 Å². The Morgan fingerprint density at radius 3 is 2.71 bits per heavy atom. The maximum absolute atomic E-state index is 5.72. The van der Waals surface area contributed by atoms with Crippen molar-refractivity contribution in [2.45, 2.75) is 19.1 Å². The summed E-state index contributed by atoms with van der Waals surface area (Å²) < 4.78 is 21.3. The van der Waals surface area contributed by atoms with E-state index in [4.69, 9.17) is 18.9 Å². The van der Waals surface area contributed by atoms with E-state index in [9.17, 15) is 0 Å². The molecule has 17 heavy (non-hydrogen) atoms. The molecular formula is C13H18O4. The van der Waals surface area contributed by atoms with Crippen molar-refractivity contribution in [3.05, 3.63) is 23.8 Å².